The lowest BCUT2D eigenvalue weighted by atomic mass is 9.95. The topological polar surface area (TPSA) is 92.2 Å². The molecule has 156 valence electrons. The largest absolute Gasteiger partial charge is 0.480 e. The summed E-state index contributed by atoms with van der Waals surface area (Å²) in [6.07, 6.45) is 3.52. The maximum absolute atomic E-state index is 12.6. The predicted molar refractivity (Wildman–Crippen MR) is 121 cm³/mol. The van der Waals surface area contributed by atoms with E-state index in [2.05, 4.69) is 52.0 Å². The molecule has 1 unspecified atom stereocenters. The molecule has 8 heteroatoms. The number of aromatic nitrogens is 2. The number of nitrogens with one attached hydrogen (secondary N) is 1. The van der Waals surface area contributed by atoms with Gasteiger partial charge in [0, 0.05) is 29.3 Å². The van der Waals surface area contributed by atoms with Crippen LogP contribution < -0.4 is 5.32 Å². The highest BCUT2D eigenvalue weighted by Gasteiger charge is 2.24. The fraction of sp³-hybridized carbons (Fsp3) is 0.273. The van der Waals surface area contributed by atoms with Crippen LogP contribution in [0.15, 0.2) is 53.3 Å². The van der Waals surface area contributed by atoms with Crippen LogP contribution in [0, 0.1) is 0 Å². The smallest absolute Gasteiger partial charge is 0.326 e. The number of carboxylic acids is 1. The summed E-state index contributed by atoms with van der Waals surface area (Å²) in [5, 5.41) is 12.2. The number of carboxylic acid groups (broad SMARTS) is 1. The fourth-order valence-electron chi connectivity index (χ4n) is 2.78. The van der Waals surface area contributed by atoms with Gasteiger partial charge >= 0.3 is 5.97 Å². The van der Waals surface area contributed by atoms with E-state index in [0.29, 0.717) is 10.7 Å². The van der Waals surface area contributed by atoms with Crippen LogP contribution in [0.5, 0.6) is 0 Å². The summed E-state index contributed by atoms with van der Waals surface area (Å²) in [4.78, 5) is 34.4. The number of thiophene rings is 1. The minimum absolute atomic E-state index is 0.0598. The number of benzene rings is 1. The summed E-state index contributed by atoms with van der Waals surface area (Å²) in [6.45, 7) is 6.22. The molecular formula is C22H22BrN3O3S. The minimum atomic E-state index is -1.07. The average Bonchev–Trinajstić information content (AvgIpc) is 3.19. The third kappa shape index (κ3) is 5.52. The van der Waals surface area contributed by atoms with Gasteiger partial charge in [0.2, 0.25) is 0 Å². The molecule has 0 bridgehead atoms. The number of carbonyl (C=O) groups excluding carboxylic acids is 1. The average molecular weight is 488 g/mol. The Morgan fingerprint density at radius 2 is 1.73 bits per heavy atom. The summed E-state index contributed by atoms with van der Waals surface area (Å²) >= 11 is 4.69. The Bertz CT molecular complexity index is 1040. The molecule has 0 saturated carbocycles. The summed E-state index contributed by atoms with van der Waals surface area (Å²) in [6, 6.07) is 9.97. The van der Waals surface area contributed by atoms with Crippen LogP contribution in [0.2, 0.25) is 0 Å². The van der Waals surface area contributed by atoms with Crippen molar-refractivity contribution >= 4 is 39.1 Å². The van der Waals surface area contributed by atoms with Gasteiger partial charge in [-0.3, -0.25) is 4.79 Å². The third-order valence-electron chi connectivity index (χ3n) is 4.44. The van der Waals surface area contributed by atoms with Crippen LogP contribution in [-0.4, -0.2) is 33.0 Å². The molecule has 30 heavy (non-hydrogen) atoms. The van der Waals surface area contributed by atoms with Gasteiger partial charge < -0.3 is 10.4 Å². The number of amides is 1. The molecule has 1 aromatic carbocycles. The van der Waals surface area contributed by atoms with Crippen molar-refractivity contribution in [1.29, 1.82) is 0 Å². The number of carbonyl (C=O) groups is 2. The van der Waals surface area contributed by atoms with Gasteiger partial charge in [-0.1, -0.05) is 45.0 Å². The predicted octanol–water partition coefficient (Wildman–Crippen LogP) is 4.69. The molecular weight excluding hydrogens is 466 g/mol. The first-order chi connectivity index (χ1) is 14.1. The first-order valence-corrected chi connectivity index (χ1v) is 11.0. The standard InChI is InChI=1S/C22H22BrN3O3S/c1-22(2,3)18-9-8-17(30-18)20(27)26-16(21(28)29)10-13-4-6-14(7-5-13)19-24-11-15(23)12-25-19/h4-9,11-12,16H,10H2,1-3H3,(H,26,27)(H,28,29). The highest BCUT2D eigenvalue weighted by atomic mass is 79.9. The molecule has 3 aromatic rings. The molecule has 1 atom stereocenters. The molecule has 0 saturated heterocycles. The minimum Gasteiger partial charge on any atom is -0.480 e. The normalized spacial score (nSPS) is 12.4. The van der Waals surface area contributed by atoms with Gasteiger partial charge in [0.15, 0.2) is 5.82 Å². The first kappa shape index (κ1) is 22.1. The lowest BCUT2D eigenvalue weighted by molar-refractivity contribution is -0.139. The van der Waals surface area contributed by atoms with Crippen LogP contribution in [0.4, 0.5) is 0 Å². The molecule has 0 spiro atoms. The van der Waals surface area contributed by atoms with Gasteiger partial charge in [0.05, 0.1) is 9.35 Å². The van der Waals surface area contributed by atoms with Crippen molar-refractivity contribution in [2.45, 2.75) is 38.6 Å². The Kier molecular flexibility index (Phi) is 6.67. The summed E-state index contributed by atoms with van der Waals surface area (Å²) in [5.74, 6) is -0.862. The van der Waals surface area contributed by atoms with Gasteiger partial charge in [-0.05, 0) is 39.0 Å². The highest BCUT2D eigenvalue weighted by Crippen LogP contribution is 2.29. The van der Waals surface area contributed by atoms with Gasteiger partial charge in [-0.25, -0.2) is 14.8 Å². The van der Waals surface area contributed by atoms with Gasteiger partial charge in [-0.15, -0.1) is 11.3 Å². The van der Waals surface area contributed by atoms with Gasteiger partial charge in [-0.2, -0.15) is 0 Å². The molecule has 1 amide bonds. The Morgan fingerprint density at radius 3 is 2.27 bits per heavy atom. The quantitative estimate of drug-likeness (QED) is 0.525. The molecule has 2 aromatic heterocycles. The Balaban J connectivity index is 1.69. The number of halogens is 1. The molecule has 0 fully saturated rings. The van der Waals surface area contributed by atoms with E-state index in [0.717, 1.165) is 20.5 Å². The van der Waals surface area contributed by atoms with Gasteiger partial charge in [0.25, 0.3) is 5.91 Å². The fourth-order valence-corrected chi connectivity index (χ4v) is 3.95. The number of aliphatic carboxylic acids is 1. The second-order valence-electron chi connectivity index (χ2n) is 7.90. The molecule has 0 aliphatic heterocycles. The van der Waals surface area contributed by atoms with E-state index in [1.54, 1.807) is 18.5 Å². The Labute approximate surface area is 187 Å². The van der Waals surface area contributed by atoms with Crippen LogP contribution in [0.1, 0.15) is 40.9 Å². The maximum atomic E-state index is 12.6. The molecule has 0 radical (unpaired) electrons. The molecule has 0 aliphatic rings. The van der Waals surface area contributed by atoms with Crippen LogP contribution in [0.3, 0.4) is 0 Å². The zero-order chi connectivity index (χ0) is 21.9. The van der Waals surface area contributed by atoms with Gasteiger partial charge in [0.1, 0.15) is 6.04 Å². The summed E-state index contributed by atoms with van der Waals surface area (Å²) < 4.78 is 0.795. The first-order valence-electron chi connectivity index (χ1n) is 9.34. The monoisotopic (exact) mass is 487 g/mol. The SMILES string of the molecule is CC(C)(C)c1ccc(C(=O)NC(Cc2ccc(-c3ncc(Br)cn3)cc2)C(=O)O)s1. The Hall–Kier alpha value is -2.58. The lowest BCUT2D eigenvalue weighted by Crippen LogP contribution is -2.42. The van der Waals surface area contributed by atoms with E-state index in [1.807, 2.05) is 30.3 Å². The number of nitrogens with zero attached hydrogens (tertiary/aromatic N) is 2. The van der Waals surface area contributed by atoms with Crippen molar-refractivity contribution < 1.29 is 14.7 Å². The molecule has 6 nitrogen and oxygen atoms in total. The van der Waals surface area contributed by atoms with Crippen LogP contribution in [0.25, 0.3) is 11.4 Å². The molecule has 0 aliphatic carbocycles. The zero-order valence-electron chi connectivity index (χ0n) is 16.8. The van der Waals surface area contributed by atoms with Crippen molar-refractivity contribution in [3.05, 3.63) is 68.6 Å². The van der Waals surface area contributed by atoms with Crippen molar-refractivity contribution in [2.75, 3.05) is 0 Å². The van der Waals surface area contributed by atoms with Crippen molar-refractivity contribution in [1.82, 2.24) is 15.3 Å². The molecule has 2 N–H and O–H groups in total. The molecule has 3 rings (SSSR count). The van der Waals surface area contributed by atoms with E-state index in [1.165, 1.54) is 11.3 Å². The van der Waals surface area contributed by atoms with Crippen LogP contribution in [-0.2, 0) is 16.6 Å². The number of hydrogen-bond donors (Lipinski definition) is 2. The second kappa shape index (κ2) is 9.06. The van der Waals surface area contributed by atoms with E-state index in [9.17, 15) is 14.7 Å². The van der Waals surface area contributed by atoms with E-state index < -0.39 is 12.0 Å². The second-order valence-corrected chi connectivity index (χ2v) is 9.90. The Morgan fingerprint density at radius 1 is 1.10 bits per heavy atom. The molecule has 2 heterocycles. The number of rotatable bonds is 6. The lowest BCUT2D eigenvalue weighted by Gasteiger charge is -2.16. The number of hydrogen-bond acceptors (Lipinski definition) is 5. The van der Waals surface area contributed by atoms with Crippen molar-refractivity contribution in [3.63, 3.8) is 0 Å². The van der Waals surface area contributed by atoms with E-state index >= 15 is 0 Å². The summed E-state index contributed by atoms with van der Waals surface area (Å²) in [5.41, 5.74) is 1.57. The highest BCUT2D eigenvalue weighted by molar-refractivity contribution is 9.10. The van der Waals surface area contributed by atoms with Crippen molar-refractivity contribution in [2.24, 2.45) is 0 Å². The van der Waals surface area contributed by atoms with Crippen LogP contribution >= 0.6 is 27.3 Å². The third-order valence-corrected chi connectivity index (χ3v) is 6.36. The van der Waals surface area contributed by atoms with E-state index in [-0.39, 0.29) is 17.7 Å². The van der Waals surface area contributed by atoms with E-state index in [4.69, 9.17) is 0 Å². The van der Waals surface area contributed by atoms with Crippen molar-refractivity contribution in [3.8, 4) is 11.4 Å². The summed E-state index contributed by atoms with van der Waals surface area (Å²) in [7, 11) is 0. The maximum Gasteiger partial charge on any atom is 0.326 e. The zero-order valence-corrected chi connectivity index (χ0v) is 19.3.